The molecule has 2 N–H and O–H groups in total. The second kappa shape index (κ2) is 5.95. The van der Waals surface area contributed by atoms with E-state index in [4.69, 9.17) is 22.4 Å². The highest BCUT2D eigenvalue weighted by Crippen LogP contribution is 2.30. The fourth-order valence-electron chi connectivity index (χ4n) is 2.47. The van der Waals surface area contributed by atoms with E-state index in [1.54, 1.807) is 12.3 Å². The molecule has 1 fully saturated rings. The van der Waals surface area contributed by atoms with Crippen LogP contribution < -0.4 is 5.73 Å². The molecule has 1 heterocycles. The Morgan fingerprint density at radius 2 is 2.14 bits per heavy atom. The van der Waals surface area contributed by atoms with Gasteiger partial charge in [-0.25, -0.2) is 4.39 Å². The maximum absolute atomic E-state index is 13.7. The molecule has 3 rings (SSSR count). The highest BCUT2D eigenvalue weighted by Gasteiger charge is 2.29. The molecule has 1 aromatic heterocycles. The van der Waals surface area contributed by atoms with E-state index in [1.165, 1.54) is 18.9 Å². The number of hydrogen-bond acceptors (Lipinski definition) is 3. The van der Waals surface area contributed by atoms with Gasteiger partial charge in [0.15, 0.2) is 0 Å². The maximum Gasteiger partial charge on any atom is 0.124 e. The SMILES string of the molecule is NC(=S)c1cc(F)cc(CN(Cc2ccco2)C2CC2)c1. The Bertz CT molecular complexity index is 638. The number of rotatable bonds is 6. The average molecular weight is 304 g/mol. The summed E-state index contributed by atoms with van der Waals surface area (Å²) in [7, 11) is 0. The van der Waals surface area contributed by atoms with Gasteiger partial charge >= 0.3 is 0 Å². The van der Waals surface area contributed by atoms with Gasteiger partial charge in [0, 0.05) is 18.2 Å². The van der Waals surface area contributed by atoms with Crippen LogP contribution in [0.4, 0.5) is 4.39 Å². The Balaban J connectivity index is 1.78. The van der Waals surface area contributed by atoms with E-state index < -0.39 is 0 Å². The second-order valence-corrected chi connectivity index (χ2v) is 5.87. The zero-order chi connectivity index (χ0) is 14.8. The molecule has 0 saturated heterocycles. The number of nitrogens with zero attached hydrogens (tertiary/aromatic N) is 1. The van der Waals surface area contributed by atoms with Crippen LogP contribution >= 0.6 is 12.2 Å². The van der Waals surface area contributed by atoms with E-state index >= 15 is 0 Å². The Kier molecular flexibility index (Phi) is 4.03. The molecule has 0 spiro atoms. The normalized spacial score (nSPS) is 14.6. The van der Waals surface area contributed by atoms with Crippen molar-refractivity contribution in [3.05, 3.63) is 59.3 Å². The van der Waals surface area contributed by atoms with E-state index in [2.05, 4.69) is 4.90 Å². The largest absolute Gasteiger partial charge is 0.468 e. The van der Waals surface area contributed by atoms with E-state index in [1.807, 2.05) is 18.2 Å². The van der Waals surface area contributed by atoms with Gasteiger partial charge in [0.05, 0.1) is 12.8 Å². The van der Waals surface area contributed by atoms with Crippen molar-refractivity contribution < 1.29 is 8.81 Å². The molecule has 0 unspecified atom stereocenters. The third-order valence-corrected chi connectivity index (χ3v) is 3.87. The average Bonchev–Trinajstić information content (AvgIpc) is 3.16. The fourth-order valence-corrected chi connectivity index (χ4v) is 2.59. The van der Waals surface area contributed by atoms with Gasteiger partial charge in [-0.3, -0.25) is 4.90 Å². The molecule has 110 valence electrons. The molecule has 0 radical (unpaired) electrons. The Morgan fingerprint density at radius 1 is 1.33 bits per heavy atom. The molecular formula is C16H17FN2OS. The summed E-state index contributed by atoms with van der Waals surface area (Å²) in [5.74, 6) is 0.622. The van der Waals surface area contributed by atoms with Crippen LogP contribution in [0.5, 0.6) is 0 Å². The maximum atomic E-state index is 13.7. The minimum atomic E-state index is -0.302. The highest BCUT2D eigenvalue weighted by atomic mass is 32.1. The van der Waals surface area contributed by atoms with E-state index in [0.29, 0.717) is 18.2 Å². The topological polar surface area (TPSA) is 42.4 Å². The summed E-state index contributed by atoms with van der Waals surface area (Å²) in [6.45, 7) is 1.40. The third kappa shape index (κ3) is 3.68. The molecule has 0 aliphatic heterocycles. The minimum Gasteiger partial charge on any atom is -0.468 e. The lowest BCUT2D eigenvalue weighted by atomic mass is 10.1. The number of benzene rings is 1. The lowest BCUT2D eigenvalue weighted by Crippen LogP contribution is -2.25. The van der Waals surface area contributed by atoms with Crippen LogP contribution in [0.2, 0.25) is 0 Å². The summed E-state index contributed by atoms with van der Waals surface area (Å²) in [6, 6.07) is 9.17. The van der Waals surface area contributed by atoms with Crippen molar-refractivity contribution in [3.8, 4) is 0 Å². The summed E-state index contributed by atoms with van der Waals surface area (Å²) >= 11 is 4.93. The standard InChI is InChI=1S/C16H17FN2OS/c17-13-7-11(6-12(8-13)16(18)21)9-19(14-3-4-14)10-15-2-1-5-20-15/h1-2,5-8,14H,3-4,9-10H2,(H2,18,21). The quantitative estimate of drug-likeness (QED) is 0.832. The molecule has 0 bridgehead atoms. The smallest absolute Gasteiger partial charge is 0.124 e. The first-order chi connectivity index (χ1) is 10.1. The minimum absolute atomic E-state index is 0.222. The predicted octanol–water partition coefficient (Wildman–Crippen LogP) is 3.22. The molecule has 2 aromatic rings. The molecular weight excluding hydrogens is 287 g/mol. The third-order valence-electron chi connectivity index (χ3n) is 3.63. The van der Waals surface area contributed by atoms with Gasteiger partial charge in [-0.05, 0) is 48.7 Å². The molecule has 0 atom stereocenters. The molecule has 0 amide bonds. The van der Waals surface area contributed by atoms with Crippen molar-refractivity contribution in [1.29, 1.82) is 0 Å². The zero-order valence-corrected chi connectivity index (χ0v) is 12.4. The Hall–Kier alpha value is -1.72. The van der Waals surface area contributed by atoms with Crippen molar-refractivity contribution in [2.45, 2.75) is 32.0 Å². The van der Waals surface area contributed by atoms with Gasteiger partial charge < -0.3 is 10.2 Å². The lowest BCUT2D eigenvalue weighted by molar-refractivity contribution is 0.225. The van der Waals surface area contributed by atoms with Crippen LogP contribution in [0.25, 0.3) is 0 Å². The van der Waals surface area contributed by atoms with Crippen molar-refractivity contribution in [3.63, 3.8) is 0 Å². The molecule has 21 heavy (non-hydrogen) atoms. The summed E-state index contributed by atoms with van der Waals surface area (Å²) < 4.78 is 19.1. The van der Waals surface area contributed by atoms with Crippen molar-refractivity contribution in [1.82, 2.24) is 4.90 Å². The number of halogens is 1. The number of thiocarbonyl (C=S) groups is 1. The first-order valence-corrected chi connectivity index (χ1v) is 7.38. The van der Waals surface area contributed by atoms with Crippen LogP contribution in [-0.2, 0) is 13.1 Å². The van der Waals surface area contributed by atoms with Crippen LogP contribution in [0.1, 0.15) is 29.7 Å². The highest BCUT2D eigenvalue weighted by molar-refractivity contribution is 7.80. The molecule has 1 aliphatic rings. The van der Waals surface area contributed by atoms with Crippen molar-refractivity contribution >= 4 is 17.2 Å². The number of hydrogen-bond donors (Lipinski definition) is 1. The lowest BCUT2D eigenvalue weighted by Gasteiger charge is -2.21. The number of nitrogens with two attached hydrogens (primary N) is 1. The van der Waals surface area contributed by atoms with Crippen LogP contribution in [-0.4, -0.2) is 15.9 Å². The summed E-state index contributed by atoms with van der Waals surface area (Å²) in [6.07, 6.45) is 4.03. The van der Waals surface area contributed by atoms with Crippen LogP contribution in [0.3, 0.4) is 0 Å². The molecule has 1 aromatic carbocycles. The second-order valence-electron chi connectivity index (χ2n) is 5.43. The number of furan rings is 1. The van der Waals surface area contributed by atoms with Gasteiger partial charge in [-0.1, -0.05) is 12.2 Å². The van der Waals surface area contributed by atoms with Crippen molar-refractivity contribution in [2.24, 2.45) is 5.73 Å². The fraction of sp³-hybridized carbons (Fsp3) is 0.312. The predicted molar refractivity (Wildman–Crippen MR) is 83.3 cm³/mol. The van der Waals surface area contributed by atoms with Gasteiger partial charge in [0.2, 0.25) is 0 Å². The van der Waals surface area contributed by atoms with Crippen LogP contribution in [0, 0.1) is 5.82 Å². The van der Waals surface area contributed by atoms with E-state index in [0.717, 1.165) is 17.9 Å². The first-order valence-electron chi connectivity index (χ1n) is 6.97. The van der Waals surface area contributed by atoms with Crippen LogP contribution in [0.15, 0.2) is 41.0 Å². The molecule has 3 nitrogen and oxygen atoms in total. The van der Waals surface area contributed by atoms with E-state index in [9.17, 15) is 4.39 Å². The molecule has 1 saturated carbocycles. The van der Waals surface area contributed by atoms with Gasteiger partial charge in [-0.15, -0.1) is 0 Å². The van der Waals surface area contributed by atoms with E-state index in [-0.39, 0.29) is 10.8 Å². The Labute approximate surface area is 128 Å². The summed E-state index contributed by atoms with van der Waals surface area (Å²) in [4.78, 5) is 2.52. The summed E-state index contributed by atoms with van der Waals surface area (Å²) in [5, 5.41) is 0. The monoisotopic (exact) mass is 304 g/mol. The first kappa shape index (κ1) is 14.2. The van der Waals surface area contributed by atoms with Gasteiger partial charge in [0.1, 0.15) is 16.6 Å². The molecule has 1 aliphatic carbocycles. The zero-order valence-electron chi connectivity index (χ0n) is 11.6. The van der Waals surface area contributed by atoms with Gasteiger partial charge in [0.25, 0.3) is 0 Å². The van der Waals surface area contributed by atoms with Gasteiger partial charge in [-0.2, -0.15) is 0 Å². The molecule has 5 heteroatoms. The summed E-state index contributed by atoms with van der Waals surface area (Å²) in [5.41, 5.74) is 7.06. The van der Waals surface area contributed by atoms with Crippen molar-refractivity contribution in [2.75, 3.05) is 0 Å². The Morgan fingerprint density at radius 3 is 2.76 bits per heavy atom.